The highest BCUT2D eigenvalue weighted by Crippen LogP contribution is 2.33. The summed E-state index contributed by atoms with van der Waals surface area (Å²) in [7, 11) is 2.01. The molecule has 2 atom stereocenters. The van der Waals surface area contributed by atoms with Crippen LogP contribution in [0.15, 0.2) is 23.0 Å². The van der Waals surface area contributed by atoms with Crippen molar-refractivity contribution in [3.63, 3.8) is 0 Å². The molecular weight excluding hydrogens is 252 g/mol. The van der Waals surface area contributed by atoms with Crippen molar-refractivity contribution in [1.29, 1.82) is 0 Å². The van der Waals surface area contributed by atoms with Crippen LogP contribution in [0.3, 0.4) is 0 Å². The molecule has 106 valence electrons. The molecule has 5 nitrogen and oxygen atoms in total. The van der Waals surface area contributed by atoms with E-state index in [1.165, 1.54) is 19.3 Å². The fourth-order valence-corrected chi connectivity index (χ4v) is 2.99. The molecule has 20 heavy (non-hydrogen) atoms. The lowest BCUT2D eigenvalue weighted by Crippen LogP contribution is -2.34. The van der Waals surface area contributed by atoms with Gasteiger partial charge in [0.25, 0.3) is 0 Å². The molecule has 1 aliphatic carbocycles. The Morgan fingerprint density at radius 3 is 2.95 bits per heavy atom. The number of likely N-dealkylation sites (N-methyl/N-ethyl adjacent to an activating group) is 1. The zero-order valence-corrected chi connectivity index (χ0v) is 12.0. The zero-order valence-electron chi connectivity index (χ0n) is 12.0. The summed E-state index contributed by atoms with van der Waals surface area (Å²) in [6.07, 6.45) is 8.37. The molecule has 2 unspecified atom stereocenters. The molecule has 1 N–H and O–H groups in total. The number of nitrogens with zero attached hydrogens (tertiary/aromatic N) is 3. The van der Waals surface area contributed by atoms with E-state index in [0.29, 0.717) is 17.8 Å². The van der Waals surface area contributed by atoms with E-state index in [-0.39, 0.29) is 0 Å². The maximum Gasteiger partial charge on any atom is 0.231 e. The van der Waals surface area contributed by atoms with Crippen LogP contribution in [-0.4, -0.2) is 28.2 Å². The minimum atomic E-state index is 0.331. The zero-order chi connectivity index (χ0) is 13.9. The second-order valence-corrected chi connectivity index (χ2v) is 5.43. The number of pyridine rings is 1. The highest BCUT2D eigenvalue weighted by Gasteiger charge is 2.30. The first-order valence-corrected chi connectivity index (χ1v) is 7.21. The van der Waals surface area contributed by atoms with Crippen molar-refractivity contribution in [2.24, 2.45) is 0 Å². The van der Waals surface area contributed by atoms with Gasteiger partial charge in [0.2, 0.25) is 11.7 Å². The first-order chi connectivity index (χ1) is 9.79. The van der Waals surface area contributed by atoms with E-state index in [9.17, 15) is 0 Å². The third-order valence-corrected chi connectivity index (χ3v) is 4.16. The summed E-state index contributed by atoms with van der Waals surface area (Å²) in [6.45, 7) is 2.01. The predicted octanol–water partition coefficient (Wildman–Crippen LogP) is 2.69. The summed E-state index contributed by atoms with van der Waals surface area (Å²) in [5.74, 6) is 1.76. The van der Waals surface area contributed by atoms with Crippen LogP contribution in [0.5, 0.6) is 0 Å². The molecule has 2 aromatic heterocycles. The van der Waals surface area contributed by atoms with E-state index >= 15 is 0 Å². The fourth-order valence-electron chi connectivity index (χ4n) is 2.99. The second-order valence-electron chi connectivity index (χ2n) is 5.43. The molecule has 2 aromatic rings. The number of nitrogens with one attached hydrogen (secondary N) is 1. The van der Waals surface area contributed by atoms with E-state index in [1.54, 1.807) is 6.20 Å². The van der Waals surface area contributed by atoms with Crippen LogP contribution in [0.2, 0.25) is 0 Å². The summed E-state index contributed by atoms with van der Waals surface area (Å²) in [5, 5.41) is 7.52. The number of aryl methyl sites for hydroxylation is 1. The molecule has 1 saturated carbocycles. The third-order valence-electron chi connectivity index (χ3n) is 4.16. The van der Waals surface area contributed by atoms with Gasteiger partial charge in [-0.1, -0.05) is 18.0 Å². The number of hydrogen-bond acceptors (Lipinski definition) is 5. The molecule has 0 saturated heterocycles. The first kappa shape index (κ1) is 13.2. The highest BCUT2D eigenvalue weighted by molar-refractivity contribution is 5.58. The topological polar surface area (TPSA) is 63.8 Å². The lowest BCUT2D eigenvalue weighted by Gasteiger charge is -2.28. The van der Waals surface area contributed by atoms with Crippen LogP contribution in [-0.2, 0) is 0 Å². The predicted molar refractivity (Wildman–Crippen MR) is 76.3 cm³/mol. The molecule has 5 heteroatoms. The van der Waals surface area contributed by atoms with Crippen LogP contribution in [0.4, 0.5) is 0 Å². The summed E-state index contributed by atoms with van der Waals surface area (Å²) >= 11 is 0. The van der Waals surface area contributed by atoms with Gasteiger partial charge in [0.05, 0.1) is 5.92 Å². The fraction of sp³-hybridized carbons (Fsp3) is 0.533. The first-order valence-electron chi connectivity index (χ1n) is 7.21. The maximum absolute atomic E-state index is 5.52. The monoisotopic (exact) mass is 272 g/mol. The summed E-state index contributed by atoms with van der Waals surface area (Å²) in [5.41, 5.74) is 2.06. The van der Waals surface area contributed by atoms with Crippen molar-refractivity contribution in [2.75, 3.05) is 7.05 Å². The SMILES string of the molecule is CNC1CCCCC1c1nc(-c2ccncc2C)no1. The van der Waals surface area contributed by atoms with Crippen molar-refractivity contribution in [1.82, 2.24) is 20.4 Å². The van der Waals surface area contributed by atoms with E-state index in [1.807, 2.05) is 26.2 Å². The molecule has 1 fully saturated rings. The molecule has 2 heterocycles. The normalized spacial score (nSPS) is 22.9. The van der Waals surface area contributed by atoms with Crippen LogP contribution >= 0.6 is 0 Å². The Labute approximate surface area is 118 Å². The smallest absolute Gasteiger partial charge is 0.231 e. The molecular formula is C15H20N4O. The highest BCUT2D eigenvalue weighted by atomic mass is 16.5. The van der Waals surface area contributed by atoms with Crippen molar-refractivity contribution < 1.29 is 4.52 Å². The molecule has 0 amide bonds. The average Bonchev–Trinajstić information content (AvgIpc) is 2.97. The van der Waals surface area contributed by atoms with Crippen LogP contribution < -0.4 is 5.32 Å². The van der Waals surface area contributed by atoms with Gasteiger partial charge >= 0.3 is 0 Å². The van der Waals surface area contributed by atoms with Gasteiger partial charge in [0, 0.05) is 24.0 Å². The van der Waals surface area contributed by atoms with Crippen molar-refractivity contribution in [3.05, 3.63) is 29.9 Å². The van der Waals surface area contributed by atoms with Crippen LogP contribution in [0, 0.1) is 6.92 Å². The quantitative estimate of drug-likeness (QED) is 0.930. The summed E-state index contributed by atoms with van der Waals surface area (Å²) in [4.78, 5) is 8.71. The minimum Gasteiger partial charge on any atom is -0.339 e. The largest absolute Gasteiger partial charge is 0.339 e. The summed E-state index contributed by atoms with van der Waals surface area (Å²) < 4.78 is 5.52. The molecule has 0 aromatic carbocycles. The van der Waals surface area contributed by atoms with Gasteiger partial charge in [-0.15, -0.1) is 0 Å². The minimum absolute atomic E-state index is 0.331. The maximum atomic E-state index is 5.52. The number of rotatable bonds is 3. The molecule has 1 aliphatic rings. The van der Waals surface area contributed by atoms with Crippen molar-refractivity contribution in [2.45, 2.75) is 44.6 Å². The van der Waals surface area contributed by atoms with E-state index in [0.717, 1.165) is 23.4 Å². The van der Waals surface area contributed by atoms with E-state index < -0.39 is 0 Å². The van der Waals surface area contributed by atoms with Gasteiger partial charge in [-0.2, -0.15) is 4.98 Å². The van der Waals surface area contributed by atoms with Gasteiger partial charge in [-0.3, -0.25) is 4.98 Å². The molecule has 0 spiro atoms. The Morgan fingerprint density at radius 2 is 2.15 bits per heavy atom. The molecule has 0 radical (unpaired) electrons. The van der Waals surface area contributed by atoms with Crippen molar-refractivity contribution in [3.8, 4) is 11.4 Å². The van der Waals surface area contributed by atoms with Crippen LogP contribution in [0.1, 0.15) is 43.1 Å². The van der Waals surface area contributed by atoms with E-state index in [4.69, 9.17) is 4.52 Å². The number of hydrogen-bond donors (Lipinski definition) is 1. The molecule has 0 aliphatic heterocycles. The third kappa shape index (κ3) is 2.45. The Morgan fingerprint density at radius 1 is 1.30 bits per heavy atom. The van der Waals surface area contributed by atoms with Gasteiger partial charge in [0.1, 0.15) is 0 Å². The van der Waals surface area contributed by atoms with Crippen molar-refractivity contribution >= 4 is 0 Å². The standard InChI is InChI=1S/C15H20N4O/c1-10-9-17-8-7-11(10)14-18-15(20-19-14)12-5-3-4-6-13(12)16-2/h7-9,12-13,16H,3-6H2,1-2H3. The van der Waals surface area contributed by atoms with E-state index in [2.05, 4.69) is 20.4 Å². The van der Waals surface area contributed by atoms with Gasteiger partial charge in [-0.05, 0) is 38.4 Å². The average molecular weight is 272 g/mol. The lowest BCUT2D eigenvalue weighted by molar-refractivity contribution is 0.270. The molecule has 3 rings (SSSR count). The second kappa shape index (κ2) is 5.71. The van der Waals surface area contributed by atoms with Gasteiger partial charge in [-0.25, -0.2) is 0 Å². The Bertz CT molecular complexity index is 581. The Hall–Kier alpha value is -1.75. The lowest BCUT2D eigenvalue weighted by atomic mass is 9.84. The Balaban J connectivity index is 1.88. The summed E-state index contributed by atoms with van der Waals surface area (Å²) in [6, 6.07) is 2.37. The number of aromatic nitrogens is 3. The molecule has 0 bridgehead atoms. The van der Waals surface area contributed by atoms with Gasteiger partial charge < -0.3 is 9.84 Å². The Kier molecular flexibility index (Phi) is 3.78. The van der Waals surface area contributed by atoms with Crippen LogP contribution in [0.25, 0.3) is 11.4 Å². The van der Waals surface area contributed by atoms with Gasteiger partial charge in [0.15, 0.2) is 0 Å².